The lowest BCUT2D eigenvalue weighted by Crippen LogP contribution is -2.28. The number of nitrogens with one attached hydrogen (secondary N) is 1. The summed E-state index contributed by atoms with van der Waals surface area (Å²) in [5.41, 5.74) is 7.41. The second-order valence-corrected chi connectivity index (χ2v) is 3.07. The minimum atomic E-state index is 0.318. The summed E-state index contributed by atoms with van der Waals surface area (Å²) in [6.45, 7) is 2.60. The van der Waals surface area contributed by atoms with Crippen molar-refractivity contribution in [3.63, 3.8) is 0 Å². The van der Waals surface area contributed by atoms with Crippen molar-refractivity contribution < 1.29 is 0 Å². The summed E-state index contributed by atoms with van der Waals surface area (Å²) < 4.78 is 1.77. The molecule has 66 valence electrons. The molecule has 3 N–H and O–H groups in total. The Morgan fingerprint density at radius 2 is 2.50 bits per heavy atom. The fraction of sp³-hybridized carbons (Fsp3) is 0.429. The average molecular weight is 184 g/mol. The highest BCUT2D eigenvalue weighted by Gasteiger charge is 2.01. The Bertz CT molecular complexity index is 292. The number of nitrogens with zero attached hydrogens (tertiary/aromatic N) is 2. The van der Waals surface area contributed by atoms with E-state index in [0.29, 0.717) is 11.7 Å². The Morgan fingerprint density at radius 1 is 1.83 bits per heavy atom. The number of nitrogens with two attached hydrogens (primary N) is 1. The number of aryl methyl sites for hydroxylation is 2. The van der Waals surface area contributed by atoms with Crippen LogP contribution < -0.4 is 11.1 Å². The molecule has 4 nitrogen and oxygen atoms in total. The zero-order valence-electron chi connectivity index (χ0n) is 7.16. The first-order valence-corrected chi connectivity index (χ1v) is 4.03. The van der Waals surface area contributed by atoms with Crippen LogP contribution in [0.3, 0.4) is 0 Å². The predicted octanol–water partition coefficient (Wildman–Crippen LogP) is 0.0617. The molecule has 0 saturated heterocycles. The summed E-state index contributed by atoms with van der Waals surface area (Å²) in [5, 5.41) is 7.37. The van der Waals surface area contributed by atoms with Gasteiger partial charge in [-0.3, -0.25) is 4.68 Å². The molecule has 1 aromatic rings. The van der Waals surface area contributed by atoms with Crippen molar-refractivity contribution in [3.8, 4) is 0 Å². The van der Waals surface area contributed by atoms with Gasteiger partial charge in [-0.15, -0.1) is 0 Å². The highest BCUT2D eigenvalue weighted by Crippen LogP contribution is 2.02. The number of aromatic nitrogens is 2. The van der Waals surface area contributed by atoms with Crippen molar-refractivity contribution in [2.45, 2.75) is 13.5 Å². The maximum Gasteiger partial charge on any atom is 0.163 e. The monoisotopic (exact) mass is 184 g/mol. The van der Waals surface area contributed by atoms with Gasteiger partial charge in [0.1, 0.15) is 0 Å². The van der Waals surface area contributed by atoms with Crippen molar-refractivity contribution >= 4 is 17.3 Å². The first-order valence-electron chi connectivity index (χ1n) is 3.62. The molecule has 0 saturated carbocycles. The van der Waals surface area contributed by atoms with Crippen LogP contribution in [0.1, 0.15) is 11.3 Å². The second-order valence-electron chi connectivity index (χ2n) is 2.63. The molecule has 0 aliphatic rings. The second kappa shape index (κ2) is 3.53. The molecule has 1 rings (SSSR count). The normalized spacial score (nSPS) is 9.83. The first-order chi connectivity index (χ1) is 5.59. The molecule has 5 heteroatoms. The Kier molecular flexibility index (Phi) is 2.65. The van der Waals surface area contributed by atoms with E-state index in [9.17, 15) is 0 Å². The van der Waals surface area contributed by atoms with Crippen LogP contribution in [0.2, 0.25) is 0 Å². The number of hydrogen-bond donors (Lipinski definition) is 2. The largest absolute Gasteiger partial charge is 0.376 e. The fourth-order valence-corrected chi connectivity index (χ4v) is 1.08. The molecule has 0 fully saturated rings. The van der Waals surface area contributed by atoms with Crippen molar-refractivity contribution in [1.82, 2.24) is 15.1 Å². The number of hydrogen-bond acceptors (Lipinski definition) is 2. The van der Waals surface area contributed by atoms with Crippen molar-refractivity contribution in [3.05, 3.63) is 17.5 Å². The number of thiocarbonyl (C=S) groups is 1. The van der Waals surface area contributed by atoms with Crippen LogP contribution in [0.25, 0.3) is 0 Å². The third-order valence-electron chi connectivity index (χ3n) is 1.57. The van der Waals surface area contributed by atoms with E-state index in [1.807, 2.05) is 20.2 Å². The molecule has 1 aromatic heterocycles. The molecule has 0 atom stereocenters. The van der Waals surface area contributed by atoms with E-state index in [4.69, 9.17) is 5.73 Å². The van der Waals surface area contributed by atoms with Crippen molar-refractivity contribution in [2.24, 2.45) is 12.8 Å². The summed E-state index contributed by atoms with van der Waals surface area (Å²) in [7, 11) is 1.89. The van der Waals surface area contributed by atoms with Gasteiger partial charge in [-0.1, -0.05) is 0 Å². The van der Waals surface area contributed by atoms with Gasteiger partial charge in [0.2, 0.25) is 0 Å². The van der Waals surface area contributed by atoms with Gasteiger partial charge < -0.3 is 11.1 Å². The molecule has 0 aromatic carbocycles. The van der Waals surface area contributed by atoms with Gasteiger partial charge in [0.15, 0.2) is 5.11 Å². The molecule has 0 amide bonds. The maximum atomic E-state index is 5.29. The van der Waals surface area contributed by atoms with Gasteiger partial charge in [0, 0.05) is 25.4 Å². The lowest BCUT2D eigenvalue weighted by Gasteiger charge is -2.00. The highest BCUT2D eigenvalue weighted by molar-refractivity contribution is 7.80. The van der Waals surface area contributed by atoms with Gasteiger partial charge in [0.25, 0.3) is 0 Å². The molecule has 0 radical (unpaired) electrons. The van der Waals surface area contributed by atoms with Crippen LogP contribution in [0, 0.1) is 6.92 Å². The van der Waals surface area contributed by atoms with Gasteiger partial charge in [-0.05, 0) is 19.1 Å². The third-order valence-corrected chi connectivity index (χ3v) is 1.71. The standard InChI is InChI=1S/C7H12N4S/c1-5-6(3-9-7(8)12)4-11(2)10-5/h4H,3H2,1-2H3,(H3,8,9,12). The van der Waals surface area contributed by atoms with Crippen molar-refractivity contribution in [2.75, 3.05) is 0 Å². The van der Waals surface area contributed by atoms with Crippen molar-refractivity contribution in [1.29, 1.82) is 0 Å². The van der Waals surface area contributed by atoms with E-state index < -0.39 is 0 Å². The molecule has 12 heavy (non-hydrogen) atoms. The lowest BCUT2D eigenvalue weighted by atomic mass is 10.3. The smallest absolute Gasteiger partial charge is 0.163 e. The zero-order valence-corrected chi connectivity index (χ0v) is 7.98. The molecule has 0 aliphatic heterocycles. The average Bonchev–Trinajstić information content (AvgIpc) is 2.26. The molecule has 1 heterocycles. The van der Waals surface area contributed by atoms with Gasteiger partial charge in [-0.2, -0.15) is 5.10 Å². The summed E-state index contributed by atoms with van der Waals surface area (Å²) in [6.07, 6.45) is 1.95. The van der Waals surface area contributed by atoms with Gasteiger partial charge in [0.05, 0.1) is 5.69 Å². The maximum absolute atomic E-state index is 5.29. The molecule has 0 unspecified atom stereocenters. The fourth-order valence-electron chi connectivity index (χ4n) is 1.00. The van der Waals surface area contributed by atoms with E-state index in [-0.39, 0.29) is 0 Å². The highest BCUT2D eigenvalue weighted by atomic mass is 32.1. The van der Waals surface area contributed by atoms with Gasteiger partial charge >= 0.3 is 0 Å². The van der Waals surface area contributed by atoms with Gasteiger partial charge in [-0.25, -0.2) is 0 Å². The van der Waals surface area contributed by atoms with Crippen LogP contribution in [0.4, 0.5) is 0 Å². The molecular weight excluding hydrogens is 172 g/mol. The third kappa shape index (κ3) is 2.20. The molecule has 0 spiro atoms. The molecular formula is C7H12N4S. The van der Waals surface area contributed by atoms with E-state index in [1.54, 1.807) is 4.68 Å². The Morgan fingerprint density at radius 3 is 2.92 bits per heavy atom. The van der Waals surface area contributed by atoms with E-state index in [2.05, 4.69) is 22.6 Å². The minimum absolute atomic E-state index is 0.318. The topological polar surface area (TPSA) is 55.9 Å². The quantitative estimate of drug-likeness (QED) is 0.638. The van der Waals surface area contributed by atoms with Crippen LogP contribution in [0.5, 0.6) is 0 Å². The summed E-state index contributed by atoms with van der Waals surface area (Å²) >= 11 is 4.68. The number of rotatable bonds is 2. The first kappa shape index (κ1) is 8.99. The predicted molar refractivity (Wildman–Crippen MR) is 51.6 cm³/mol. The summed E-state index contributed by atoms with van der Waals surface area (Å²) in [6, 6.07) is 0. The summed E-state index contributed by atoms with van der Waals surface area (Å²) in [4.78, 5) is 0. The molecule has 0 aliphatic carbocycles. The Balaban J connectivity index is 2.62. The minimum Gasteiger partial charge on any atom is -0.376 e. The summed E-state index contributed by atoms with van der Waals surface area (Å²) in [5.74, 6) is 0. The Labute approximate surface area is 76.7 Å². The van der Waals surface area contributed by atoms with Crippen LogP contribution in [-0.2, 0) is 13.6 Å². The Hall–Kier alpha value is -1.10. The van der Waals surface area contributed by atoms with Crippen LogP contribution in [-0.4, -0.2) is 14.9 Å². The van der Waals surface area contributed by atoms with E-state index in [0.717, 1.165) is 11.3 Å². The van der Waals surface area contributed by atoms with Crippen LogP contribution >= 0.6 is 12.2 Å². The molecule has 0 bridgehead atoms. The van der Waals surface area contributed by atoms with Crippen LogP contribution in [0.15, 0.2) is 6.20 Å². The SMILES string of the molecule is Cc1nn(C)cc1CNC(N)=S. The van der Waals surface area contributed by atoms with E-state index >= 15 is 0 Å². The lowest BCUT2D eigenvalue weighted by molar-refractivity contribution is 0.756. The van der Waals surface area contributed by atoms with E-state index in [1.165, 1.54) is 0 Å². The zero-order chi connectivity index (χ0) is 9.14.